The SMILES string of the molecule is CN1CCC(NCC(O)c2ccc(F)cc2F)C1=O. The van der Waals surface area contributed by atoms with Crippen LogP contribution in [-0.4, -0.2) is 42.1 Å². The molecule has 2 atom stereocenters. The molecule has 0 saturated carbocycles. The second kappa shape index (κ2) is 5.63. The molecule has 4 nitrogen and oxygen atoms in total. The molecular weight excluding hydrogens is 254 g/mol. The van der Waals surface area contributed by atoms with Gasteiger partial charge in [0, 0.05) is 31.8 Å². The van der Waals surface area contributed by atoms with E-state index in [4.69, 9.17) is 0 Å². The van der Waals surface area contributed by atoms with Crippen LogP contribution in [0.5, 0.6) is 0 Å². The number of carbonyl (C=O) groups excluding carboxylic acids is 1. The van der Waals surface area contributed by atoms with E-state index in [2.05, 4.69) is 5.32 Å². The summed E-state index contributed by atoms with van der Waals surface area (Å²) in [5, 5.41) is 12.8. The van der Waals surface area contributed by atoms with E-state index in [0.717, 1.165) is 12.1 Å². The Kier molecular flexibility index (Phi) is 4.11. The highest BCUT2D eigenvalue weighted by atomic mass is 19.1. The van der Waals surface area contributed by atoms with Gasteiger partial charge in [-0.05, 0) is 12.5 Å². The number of carbonyl (C=O) groups is 1. The van der Waals surface area contributed by atoms with Crippen LogP contribution in [0.3, 0.4) is 0 Å². The third-order valence-electron chi connectivity index (χ3n) is 3.31. The number of benzene rings is 1. The molecule has 0 spiro atoms. The minimum atomic E-state index is -1.11. The summed E-state index contributed by atoms with van der Waals surface area (Å²) in [5.74, 6) is -1.51. The second-order valence-electron chi connectivity index (χ2n) is 4.69. The maximum absolute atomic E-state index is 13.4. The summed E-state index contributed by atoms with van der Waals surface area (Å²) in [6.45, 7) is 0.713. The molecule has 19 heavy (non-hydrogen) atoms. The zero-order chi connectivity index (χ0) is 14.0. The van der Waals surface area contributed by atoms with Gasteiger partial charge >= 0.3 is 0 Å². The van der Waals surface area contributed by atoms with Crippen molar-refractivity contribution in [3.05, 3.63) is 35.4 Å². The number of amides is 1. The molecule has 0 aromatic heterocycles. The van der Waals surface area contributed by atoms with Crippen LogP contribution in [0.1, 0.15) is 18.1 Å². The first-order chi connectivity index (χ1) is 8.99. The fourth-order valence-electron chi connectivity index (χ4n) is 2.15. The highest BCUT2D eigenvalue weighted by molar-refractivity contribution is 5.83. The predicted octanol–water partition coefficient (Wildman–Crippen LogP) is 0.818. The number of halogens is 2. The highest BCUT2D eigenvalue weighted by Gasteiger charge is 2.29. The summed E-state index contributed by atoms with van der Waals surface area (Å²) in [5.41, 5.74) is 0.0210. The Hall–Kier alpha value is -1.53. The van der Waals surface area contributed by atoms with Crippen molar-refractivity contribution in [2.75, 3.05) is 20.1 Å². The first-order valence-electron chi connectivity index (χ1n) is 6.10. The molecule has 1 aromatic rings. The van der Waals surface area contributed by atoms with Crippen molar-refractivity contribution in [2.45, 2.75) is 18.6 Å². The predicted molar refractivity (Wildman–Crippen MR) is 65.4 cm³/mol. The van der Waals surface area contributed by atoms with Crippen molar-refractivity contribution in [1.29, 1.82) is 0 Å². The number of hydrogen-bond acceptors (Lipinski definition) is 3. The van der Waals surface area contributed by atoms with Crippen molar-refractivity contribution >= 4 is 5.91 Å². The van der Waals surface area contributed by atoms with Gasteiger partial charge in [-0.15, -0.1) is 0 Å². The molecule has 6 heteroatoms. The summed E-state index contributed by atoms with van der Waals surface area (Å²) in [4.78, 5) is 13.2. The van der Waals surface area contributed by atoms with Crippen molar-refractivity contribution < 1.29 is 18.7 Å². The van der Waals surface area contributed by atoms with Crippen molar-refractivity contribution in [3.63, 3.8) is 0 Å². The number of aliphatic hydroxyl groups excluding tert-OH is 1. The van der Waals surface area contributed by atoms with Crippen LogP contribution < -0.4 is 5.32 Å². The van der Waals surface area contributed by atoms with Gasteiger partial charge in [-0.25, -0.2) is 8.78 Å². The Morgan fingerprint density at radius 3 is 2.84 bits per heavy atom. The minimum absolute atomic E-state index is 0.0210. The van der Waals surface area contributed by atoms with Crippen LogP contribution in [0.25, 0.3) is 0 Å². The molecule has 1 aliphatic rings. The topological polar surface area (TPSA) is 52.6 Å². The van der Waals surface area contributed by atoms with E-state index in [1.807, 2.05) is 0 Å². The molecule has 0 bridgehead atoms. The molecule has 0 aliphatic carbocycles. The smallest absolute Gasteiger partial charge is 0.239 e. The van der Waals surface area contributed by atoms with Crippen LogP contribution in [0.2, 0.25) is 0 Å². The fraction of sp³-hybridized carbons (Fsp3) is 0.462. The molecule has 1 amide bonds. The molecule has 1 heterocycles. The number of aliphatic hydroxyl groups is 1. The van der Waals surface area contributed by atoms with Crippen LogP contribution in [0.4, 0.5) is 8.78 Å². The van der Waals surface area contributed by atoms with Gasteiger partial charge < -0.3 is 15.3 Å². The van der Waals surface area contributed by atoms with E-state index in [1.54, 1.807) is 11.9 Å². The van der Waals surface area contributed by atoms with Gasteiger partial charge in [0.2, 0.25) is 5.91 Å². The summed E-state index contributed by atoms with van der Waals surface area (Å²) < 4.78 is 26.2. The molecule has 1 fully saturated rings. The first-order valence-corrected chi connectivity index (χ1v) is 6.10. The molecule has 104 valence electrons. The van der Waals surface area contributed by atoms with E-state index in [-0.39, 0.29) is 24.1 Å². The molecule has 1 saturated heterocycles. The lowest BCUT2D eigenvalue weighted by Gasteiger charge is -2.16. The van der Waals surface area contributed by atoms with Crippen molar-refractivity contribution in [2.24, 2.45) is 0 Å². The normalized spacial score (nSPS) is 20.9. The van der Waals surface area contributed by atoms with E-state index in [0.29, 0.717) is 13.0 Å². The molecule has 2 N–H and O–H groups in total. The number of likely N-dealkylation sites (tertiary alicyclic amines) is 1. The van der Waals surface area contributed by atoms with Crippen LogP contribution in [-0.2, 0) is 4.79 Å². The lowest BCUT2D eigenvalue weighted by Crippen LogP contribution is -2.39. The maximum atomic E-state index is 13.4. The van der Waals surface area contributed by atoms with E-state index >= 15 is 0 Å². The number of rotatable bonds is 4. The lowest BCUT2D eigenvalue weighted by atomic mass is 10.1. The van der Waals surface area contributed by atoms with Gasteiger partial charge in [0.05, 0.1) is 12.1 Å². The van der Waals surface area contributed by atoms with Crippen molar-refractivity contribution in [3.8, 4) is 0 Å². The molecule has 0 radical (unpaired) electrons. The highest BCUT2D eigenvalue weighted by Crippen LogP contribution is 2.18. The van der Waals surface area contributed by atoms with Crippen molar-refractivity contribution in [1.82, 2.24) is 10.2 Å². The Morgan fingerprint density at radius 1 is 1.53 bits per heavy atom. The molecular formula is C13H16F2N2O2. The van der Waals surface area contributed by atoms with Gasteiger partial charge in [-0.2, -0.15) is 0 Å². The third-order valence-corrected chi connectivity index (χ3v) is 3.31. The van der Waals surface area contributed by atoms with E-state index < -0.39 is 17.7 Å². The van der Waals surface area contributed by atoms with Crippen LogP contribution in [0.15, 0.2) is 18.2 Å². The third kappa shape index (κ3) is 3.08. The average molecular weight is 270 g/mol. The maximum Gasteiger partial charge on any atom is 0.239 e. The number of nitrogens with one attached hydrogen (secondary N) is 1. The Labute approximate surface area is 110 Å². The molecule has 2 rings (SSSR count). The van der Waals surface area contributed by atoms with Gasteiger partial charge in [0.15, 0.2) is 0 Å². The van der Waals surface area contributed by atoms with E-state index in [1.165, 1.54) is 6.07 Å². The molecule has 2 unspecified atom stereocenters. The number of nitrogens with zero attached hydrogens (tertiary/aromatic N) is 1. The Morgan fingerprint density at radius 2 is 2.26 bits per heavy atom. The standard InChI is InChI=1S/C13H16F2N2O2/c1-17-5-4-11(13(17)19)16-7-12(18)9-3-2-8(14)6-10(9)15/h2-3,6,11-12,16,18H,4-5,7H2,1H3. The number of likely N-dealkylation sites (N-methyl/N-ethyl adjacent to an activating group) is 1. The summed E-state index contributed by atoms with van der Waals surface area (Å²) >= 11 is 0. The summed E-state index contributed by atoms with van der Waals surface area (Å²) in [6, 6.07) is 2.69. The zero-order valence-electron chi connectivity index (χ0n) is 10.6. The van der Waals surface area contributed by atoms with Gasteiger partial charge in [-0.1, -0.05) is 6.07 Å². The second-order valence-corrected chi connectivity index (χ2v) is 4.69. The minimum Gasteiger partial charge on any atom is -0.387 e. The molecule has 1 aliphatic heterocycles. The Balaban J connectivity index is 1.94. The van der Waals surface area contributed by atoms with Crippen LogP contribution >= 0.6 is 0 Å². The fourth-order valence-corrected chi connectivity index (χ4v) is 2.15. The largest absolute Gasteiger partial charge is 0.387 e. The van der Waals surface area contributed by atoms with Crippen LogP contribution in [0, 0.1) is 11.6 Å². The van der Waals surface area contributed by atoms with E-state index in [9.17, 15) is 18.7 Å². The first kappa shape index (κ1) is 13.9. The number of hydrogen-bond donors (Lipinski definition) is 2. The Bertz CT molecular complexity index is 482. The summed E-state index contributed by atoms with van der Waals surface area (Å²) in [7, 11) is 1.71. The monoisotopic (exact) mass is 270 g/mol. The van der Waals surface area contributed by atoms with Gasteiger partial charge in [0.1, 0.15) is 11.6 Å². The zero-order valence-corrected chi connectivity index (χ0v) is 10.6. The van der Waals surface area contributed by atoms with Gasteiger partial charge in [0.25, 0.3) is 0 Å². The lowest BCUT2D eigenvalue weighted by molar-refractivity contribution is -0.128. The average Bonchev–Trinajstić information content (AvgIpc) is 2.67. The molecule has 1 aromatic carbocycles. The van der Waals surface area contributed by atoms with Gasteiger partial charge in [-0.3, -0.25) is 4.79 Å². The summed E-state index contributed by atoms with van der Waals surface area (Å²) in [6.07, 6.45) is -0.451. The quantitative estimate of drug-likeness (QED) is 0.851.